The van der Waals surface area contributed by atoms with Crippen molar-refractivity contribution in [1.29, 1.82) is 0 Å². The highest BCUT2D eigenvalue weighted by Gasteiger charge is 2.16. The van der Waals surface area contributed by atoms with Crippen LogP contribution in [0.25, 0.3) is 0 Å². The van der Waals surface area contributed by atoms with Crippen LogP contribution in [-0.2, 0) is 4.74 Å². The van der Waals surface area contributed by atoms with Crippen molar-refractivity contribution in [3.63, 3.8) is 0 Å². The smallest absolute Gasteiger partial charge is 0.339 e. The highest BCUT2D eigenvalue weighted by atomic mass is 16.5. The third kappa shape index (κ3) is 3.27. The molecule has 1 atom stereocenters. The minimum absolute atomic E-state index is 0.107. The number of pyridine rings is 1. The molecule has 0 saturated heterocycles. The topological polar surface area (TPSA) is 65.2 Å². The quantitative estimate of drug-likeness (QED) is 0.814. The zero-order valence-electron chi connectivity index (χ0n) is 10.9. The molecule has 1 rings (SSSR count). The first kappa shape index (κ1) is 13.6. The van der Waals surface area contributed by atoms with Gasteiger partial charge in [0.25, 0.3) is 0 Å². The minimum atomic E-state index is -0.331. The van der Waals surface area contributed by atoms with Gasteiger partial charge in [-0.05, 0) is 31.9 Å². The maximum Gasteiger partial charge on any atom is 0.339 e. The number of nitrogens with two attached hydrogens (primary N) is 1. The van der Waals surface area contributed by atoms with E-state index in [-0.39, 0.29) is 12.0 Å². The molecule has 1 heterocycles. The predicted molar refractivity (Wildman–Crippen MR) is 66.7 cm³/mol. The maximum atomic E-state index is 11.6. The first-order valence-electron chi connectivity index (χ1n) is 5.87. The van der Waals surface area contributed by atoms with Gasteiger partial charge in [0, 0.05) is 6.04 Å². The molecule has 0 radical (unpaired) electrons. The van der Waals surface area contributed by atoms with E-state index in [1.54, 1.807) is 26.0 Å². The average molecular weight is 236 g/mol. The molecule has 94 valence electrons. The summed E-state index contributed by atoms with van der Waals surface area (Å²) in [4.78, 5) is 16.0. The summed E-state index contributed by atoms with van der Waals surface area (Å²) < 4.78 is 4.95. The van der Waals surface area contributed by atoms with E-state index >= 15 is 0 Å². The number of hydrogen-bond donors (Lipinski definition) is 1. The lowest BCUT2D eigenvalue weighted by molar-refractivity contribution is 0.0525. The van der Waals surface area contributed by atoms with Gasteiger partial charge >= 0.3 is 5.97 Å². The fourth-order valence-electron chi connectivity index (χ4n) is 1.53. The lowest BCUT2D eigenvalue weighted by Gasteiger charge is -2.16. The number of aryl methyl sites for hydroxylation is 1. The van der Waals surface area contributed by atoms with Gasteiger partial charge in [0.1, 0.15) is 0 Å². The number of rotatable bonds is 4. The molecule has 0 aromatic carbocycles. The Balaban J connectivity index is 2.97. The monoisotopic (exact) mass is 236 g/mol. The number of aromatic nitrogens is 1. The summed E-state index contributed by atoms with van der Waals surface area (Å²) in [6.07, 6.45) is 0. The third-order valence-corrected chi connectivity index (χ3v) is 2.66. The molecule has 0 spiro atoms. The van der Waals surface area contributed by atoms with Gasteiger partial charge in [0.05, 0.1) is 23.6 Å². The Kier molecular flexibility index (Phi) is 4.63. The van der Waals surface area contributed by atoms with Crippen LogP contribution in [0.3, 0.4) is 0 Å². The van der Waals surface area contributed by atoms with Gasteiger partial charge in [-0.15, -0.1) is 0 Å². The molecule has 2 N–H and O–H groups in total. The van der Waals surface area contributed by atoms with Crippen molar-refractivity contribution in [2.24, 2.45) is 11.7 Å². The number of hydrogen-bond acceptors (Lipinski definition) is 4. The standard InChI is InChI=1S/C13H20N2O2/c1-5-17-13(16)10-6-7-11(15-9(10)4)12(14)8(2)3/h6-8,12H,5,14H2,1-4H3/t12-/m0/s1. The molecule has 0 aliphatic carbocycles. The van der Waals surface area contributed by atoms with Crippen molar-refractivity contribution < 1.29 is 9.53 Å². The zero-order chi connectivity index (χ0) is 13.0. The van der Waals surface area contributed by atoms with Gasteiger partial charge in [-0.3, -0.25) is 4.98 Å². The summed E-state index contributed by atoms with van der Waals surface area (Å²) in [6.45, 7) is 8.03. The first-order valence-corrected chi connectivity index (χ1v) is 5.87. The predicted octanol–water partition coefficient (Wildman–Crippen LogP) is 2.22. The number of carbonyl (C=O) groups excluding carboxylic acids is 1. The van der Waals surface area contributed by atoms with Crippen molar-refractivity contribution in [2.45, 2.75) is 33.7 Å². The van der Waals surface area contributed by atoms with E-state index in [2.05, 4.69) is 4.98 Å². The van der Waals surface area contributed by atoms with Crippen LogP contribution in [0.1, 0.15) is 48.6 Å². The van der Waals surface area contributed by atoms with Gasteiger partial charge in [0.2, 0.25) is 0 Å². The normalized spacial score (nSPS) is 12.6. The molecule has 1 aromatic rings. The van der Waals surface area contributed by atoms with Gasteiger partial charge in [0.15, 0.2) is 0 Å². The highest BCUT2D eigenvalue weighted by Crippen LogP contribution is 2.18. The summed E-state index contributed by atoms with van der Waals surface area (Å²) in [5.74, 6) is -0.0162. The Morgan fingerprint density at radius 3 is 2.59 bits per heavy atom. The summed E-state index contributed by atoms with van der Waals surface area (Å²) in [7, 11) is 0. The van der Waals surface area contributed by atoms with Crippen molar-refractivity contribution in [3.05, 3.63) is 29.1 Å². The van der Waals surface area contributed by atoms with Crippen LogP contribution in [-0.4, -0.2) is 17.6 Å². The van der Waals surface area contributed by atoms with Crippen LogP contribution in [0.5, 0.6) is 0 Å². The number of esters is 1. The van der Waals surface area contributed by atoms with Crippen molar-refractivity contribution in [1.82, 2.24) is 4.98 Å². The Morgan fingerprint density at radius 1 is 1.47 bits per heavy atom. The van der Waals surface area contributed by atoms with Crippen LogP contribution in [0, 0.1) is 12.8 Å². The van der Waals surface area contributed by atoms with Gasteiger partial charge in [-0.2, -0.15) is 0 Å². The number of ether oxygens (including phenoxy) is 1. The molecule has 1 aromatic heterocycles. The first-order chi connectivity index (χ1) is 7.97. The SMILES string of the molecule is CCOC(=O)c1ccc([C@@H](N)C(C)C)nc1C. The lowest BCUT2D eigenvalue weighted by atomic mass is 10.0. The Hall–Kier alpha value is -1.42. The summed E-state index contributed by atoms with van der Waals surface area (Å²) in [5.41, 5.74) is 7.99. The molecule has 17 heavy (non-hydrogen) atoms. The van der Waals surface area contributed by atoms with E-state index in [9.17, 15) is 4.79 Å². The number of nitrogens with zero attached hydrogens (tertiary/aromatic N) is 1. The second-order valence-corrected chi connectivity index (χ2v) is 4.36. The highest BCUT2D eigenvalue weighted by molar-refractivity contribution is 5.90. The van der Waals surface area contributed by atoms with Crippen molar-refractivity contribution >= 4 is 5.97 Å². The zero-order valence-corrected chi connectivity index (χ0v) is 10.9. The van der Waals surface area contributed by atoms with Crippen LogP contribution in [0.15, 0.2) is 12.1 Å². The number of carbonyl (C=O) groups is 1. The summed E-state index contributed by atoms with van der Waals surface area (Å²) >= 11 is 0. The molecule has 0 aliphatic rings. The molecule has 0 bridgehead atoms. The minimum Gasteiger partial charge on any atom is -0.462 e. The fourth-order valence-corrected chi connectivity index (χ4v) is 1.53. The third-order valence-electron chi connectivity index (χ3n) is 2.66. The van der Waals surface area contributed by atoms with Crippen LogP contribution < -0.4 is 5.73 Å². The summed E-state index contributed by atoms with van der Waals surface area (Å²) in [5, 5.41) is 0. The Morgan fingerprint density at radius 2 is 2.12 bits per heavy atom. The van der Waals surface area contributed by atoms with Gasteiger partial charge < -0.3 is 10.5 Å². The lowest BCUT2D eigenvalue weighted by Crippen LogP contribution is -2.19. The molecule has 0 saturated carbocycles. The van der Waals surface area contributed by atoms with Crippen LogP contribution in [0.2, 0.25) is 0 Å². The van der Waals surface area contributed by atoms with Crippen molar-refractivity contribution in [2.75, 3.05) is 6.61 Å². The van der Waals surface area contributed by atoms with E-state index in [0.717, 1.165) is 5.69 Å². The van der Waals surface area contributed by atoms with E-state index in [0.29, 0.717) is 23.8 Å². The van der Waals surface area contributed by atoms with E-state index in [4.69, 9.17) is 10.5 Å². The molecule has 0 amide bonds. The largest absolute Gasteiger partial charge is 0.462 e. The van der Waals surface area contributed by atoms with E-state index in [1.807, 2.05) is 13.8 Å². The molecule has 0 unspecified atom stereocenters. The van der Waals surface area contributed by atoms with Crippen LogP contribution >= 0.6 is 0 Å². The molecule has 4 heteroatoms. The second-order valence-electron chi connectivity index (χ2n) is 4.36. The molecule has 4 nitrogen and oxygen atoms in total. The Bertz CT molecular complexity index is 402. The van der Waals surface area contributed by atoms with E-state index < -0.39 is 0 Å². The fraction of sp³-hybridized carbons (Fsp3) is 0.538. The summed E-state index contributed by atoms with van der Waals surface area (Å²) in [6, 6.07) is 3.42. The van der Waals surface area contributed by atoms with Gasteiger partial charge in [-0.25, -0.2) is 4.79 Å². The molecule has 0 fully saturated rings. The maximum absolute atomic E-state index is 11.6. The van der Waals surface area contributed by atoms with E-state index in [1.165, 1.54) is 0 Å². The molecular formula is C13H20N2O2. The second kappa shape index (κ2) is 5.77. The Labute approximate surface area is 102 Å². The average Bonchev–Trinajstić information content (AvgIpc) is 2.27. The van der Waals surface area contributed by atoms with Crippen molar-refractivity contribution in [3.8, 4) is 0 Å². The molecular weight excluding hydrogens is 216 g/mol. The van der Waals surface area contributed by atoms with Crippen LogP contribution in [0.4, 0.5) is 0 Å². The van der Waals surface area contributed by atoms with Gasteiger partial charge in [-0.1, -0.05) is 13.8 Å². The molecule has 0 aliphatic heterocycles.